The Balaban J connectivity index is 1.65. The van der Waals surface area contributed by atoms with E-state index in [9.17, 15) is 35.1 Å². The fraction of sp³-hybridized carbons (Fsp3) is 0. The van der Waals surface area contributed by atoms with E-state index in [0.29, 0.717) is 11.4 Å². The number of carbonyl (C=O) groups is 1. The SMILES string of the molecule is O=C(Nc1ccc(Oc2ccc([N+](=O)[O-])cc2[N+](=O)[O-])cc1)Nc1ccc([N+](=O)[O-])cc1. The number of anilines is 2. The standard InChI is InChI=1S/C19H13N5O8/c25-19(20-12-1-5-14(6-2-12)22(26)27)21-13-3-8-16(9-4-13)32-18-10-7-15(23(28)29)11-17(18)24(30)31/h1-11H,(H2,20,21,25). The first-order valence-electron chi connectivity index (χ1n) is 8.76. The number of nitro benzene ring substituents is 3. The number of nitro groups is 3. The van der Waals surface area contributed by atoms with Gasteiger partial charge in [-0.25, -0.2) is 4.79 Å². The summed E-state index contributed by atoms with van der Waals surface area (Å²) in [4.78, 5) is 42.6. The second kappa shape index (κ2) is 9.17. The molecule has 0 saturated carbocycles. The van der Waals surface area contributed by atoms with Crippen LogP contribution in [0.1, 0.15) is 0 Å². The van der Waals surface area contributed by atoms with Crippen LogP contribution in [0.3, 0.4) is 0 Å². The van der Waals surface area contributed by atoms with Gasteiger partial charge in [0.2, 0.25) is 5.75 Å². The third-order valence-corrected chi connectivity index (χ3v) is 4.03. The summed E-state index contributed by atoms with van der Waals surface area (Å²) in [5, 5.41) is 37.7. The van der Waals surface area contributed by atoms with Gasteiger partial charge in [-0.15, -0.1) is 0 Å². The van der Waals surface area contributed by atoms with Crippen molar-refractivity contribution in [2.45, 2.75) is 0 Å². The zero-order valence-corrected chi connectivity index (χ0v) is 16.0. The van der Waals surface area contributed by atoms with Crippen LogP contribution in [0.4, 0.5) is 33.2 Å². The van der Waals surface area contributed by atoms with Gasteiger partial charge in [-0.1, -0.05) is 0 Å². The van der Waals surface area contributed by atoms with Crippen LogP contribution in [0.25, 0.3) is 0 Å². The van der Waals surface area contributed by atoms with E-state index < -0.39 is 32.2 Å². The molecule has 0 bridgehead atoms. The molecule has 2 amide bonds. The zero-order chi connectivity index (χ0) is 23.3. The fourth-order valence-corrected chi connectivity index (χ4v) is 2.54. The first-order valence-corrected chi connectivity index (χ1v) is 8.76. The van der Waals surface area contributed by atoms with E-state index in [4.69, 9.17) is 4.74 Å². The molecule has 3 rings (SSSR count). The number of rotatable bonds is 7. The summed E-state index contributed by atoms with van der Waals surface area (Å²) < 4.78 is 5.44. The third-order valence-electron chi connectivity index (χ3n) is 4.03. The van der Waals surface area contributed by atoms with Crippen LogP contribution in [0.15, 0.2) is 66.7 Å². The van der Waals surface area contributed by atoms with Crippen molar-refractivity contribution in [1.82, 2.24) is 0 Å². The van der Waals surface area contributed by atoms with Crippen LogP contribution >= 0.6 is 0 Å². The van der Waals surface area contributed by atoms with E-state index in [1.165, 1.54) is 48.5 Å². The van der Waals surface area contributed by atoms with E-state index in [2.05, 4.69) is 10.6 Å². The Bertz CT molecular complexity index is 1200. The number of nitrogens with one attached hydrogen (secondary N) is 2. The molecule has 0 aromatic heterocycles. The minimum atomic E-state index is -0.791. The predicted molar refractivity (Wildman–Crippen MR) is 112 cm³/mol. The number of hydrogen-bond acceptors (Lipinski definition) is 8. The van der Waals surface area contributed by atoms with Crippen LogP contribution in [0.2, 0.25) is 0 Å². The molecule has 0 spiro atoms. The Morgan fingerprint density at radius 3 is 1.69 bits per heavy atom. The Hall–Kier alpha value is -5.07. The molecule has 13 heteroatoms. The minimum Gasteiger partial charge on any atom is -0.450 e. The van der Waals surface area contributed by atoms with Gasteiger partial charge >= 0.3 is 11.7 Å². The van der Waals surface area contributed by atoms with Crippen molar-refractivity contribution in [3.05, 3.63) is 97.1 Å². The lowest BCUT2D eigenvalue weighted by Gasteiger charge is -2.09. The van der Waals surface area contributed by atoms with Crippen LogP contribution in [0, 0.1) is 30.3 Å². The molecule has 0 atom stereocenters. The number of hydrogen-bond donors (Lipinski definition) is 2. The third kappa shape index (κ3) is 5.29. The molecule has 3 aromatic carbocycles. The van der Waals surface area contributed by atoms with E-state index in [1.807, 2.05) is 0 Å². The summed E-state index contributed by atoms with van der Waals surface area (Å²) >= 11 is 0. The van der Waals surface area contributed by atoms with Crippen LogP contribution in [0.5, 0.6) is 11.5 Å². The topological polar surface area (TPSA) is 180 Å². The number of nitrogens with zero attached hydrogens (tertiary/aromatic N) is 3. The van der Waals surface area contributed by atoms with Crippen molar-refractivity contribution in [2.24, 2.45) is 0 Å². The molecule has 0 aliphatic rings. The molecular weight excluding hydrogens is 426 g/mol. The van der Waals surface area contributed by atoms with Crippen LogP contribution in [-0.4, -0.2) is 20.8 Å². The summed E-state index contributed by atoms with van der Waals surface area (Å²) in [5.41, 5.74) is -0.403. The van der Waals surface area contributed by atoms with Gasteiger partial charge in [0.25, 0.3) is 11.4 Å². The molecule has 0 aliphatic carbocycles. The van der Waals surface area contributed by atoms with Crippen molar-refractivity contribution >= 4 is 34.5 Å². The van der Waals surface area contributed by atoms with Gasteiger partial charge < -0.3 is 15.4 Å². The molecule has 13 nitrogen and oxygen atoms in total. The van der Waals surface area contributed by atoms with Crippen LogP contribution in [-0.2, 0) is 0 Å². The molecule has 2 N–H and O–H groups in total. The number of carbonyl (C=O) groups excluding carboxylic acids is 1. The van der Waals surface area contributed by atoms with Crippen molar-refractivity contribution in [3.63, 3.8) is 0 Å². The number of urea groups is 1. The highest BCUT2D eigenvalue weighted by molar-refractivity contribution is 5.99. The normalized spacial score (nSPS) is 10.1. The lowest BCUT2D eigenvalue weighted by atomic mass is 10.2. The summed E-state index contributed by atoms with van der Waals surface area (Å²) in [6.45, 7) is 0. The van der Waals surface area contributed by atoms with Gasteiger partial charge in [0, 0.05) is 29.6 Å². The van der Waals surface area contributed by atoms with Crippen molar-refractivity contribution in [2.75, 3.05) is 10.6 Å². The maximum absolute atomic E-state index is 12.1. The number of benzene rings is 3. The molecular formula is C19H13N5O8. The summed E-state index contributed by atoms with van der Waals surface area (Å²) in [6, 6.07) is 13.5. The number of ether oxygens (including phenoxy) is 1. The maximum Gasteiger partial charge on any atom is 0.323 e. The monoisotopic (exact) mass is 439 g/mol. The van der Waals surface area contributed by atoms with E-state index in [-0.39, 0.29) is 17.2 Å². The van der Waals surface area contributed by atoms with Crippen molar-refractivity contribution in [1.29, 1.82) is 0 Å². The van der Waals surface area contributed by atoms with Gasteiger partial charge in [-0.2, -0.15) is 0 Å². The molecule has 0 fully saturated rings. The quantitative estimate of drug-likeness (QED) is 0.387. The van der Waals surface area contributed by atoms with Gasteiger partial charge in [0.1, 0.15) is 5.75 Å². The van der Waals surface area contributed by atoms with Gasteiger partial charge in [0.05, 0.1) is 20.8 Å². The Morgan fingerprint density at radius 1 is 0.688 bits per heavy atom. The molecule has 0 radical (unpaired) electrons. The zero-order valence-electron chi connectivity index (χ0n) is 16.0. The van der Waals surface area contributed by atoms with Gasteiger partial charge in [0.15, 0.2) is 0 Å². The largest absolute Gasteiger partial charge is 0.450 e. The summed E-state index contributed by atoms with van der Waals surface area (Å²) in [6.07, 6.45) is 0. The molecule has 3 aromatic rings. The molecule has 0 saturated heterocycles. The molecule has 0 aliphatic heterocycles. The summed E-state index contributed by atoms with van der Waals surface area (Å²) in [7, 11) is 0. The van der Waals surface area contributed by atoms with Crippen molar-refractivity contribution in [3.8, 4) is 11.5 Å². The number of amides is 2. The van der Waals surface area contributed by atoms with Gasteiger partial charge in [-0.3, -0.25) is 30.3 Å². The lowest BCUT2D eigenvalue weighted by molar-refractivity contribution is -0.394. The average Bonchev–Trinajstić information content (AvgIpc) is 2.75. The number of non-ortho nitro benzene ring substituents is 2. The predicted octanol–water partition coefficient (Wildman–Crippen LogP) is 4.85. The molecule has 0 heterocycles. The molecule has 0 unspecified atom stereocenters. The Labute approximate surface area is 178 Å². The van der Waals surface area contributed by atoms with E-state index in [1.54, 1.807) is 0 Å². The Kier molecular flexibility index (Phi) is 6.20. The second-order valence-corrected chi connectivity index (χ2v) is 6.18. The molecule has 162 valence electrons. The molecule has 32 heavy (non-hydrogen) atoms. The highest BCUT2D eigenvalue weighted by Crippen LogP contribution is 2.34. The van der Waals surface area contributed by atoms with E-state index >= 15 is 0 Å². The minimum absolute atomic E-state index is 0.111. The fourth-order valence-electron chi connectivity index (χ4n) is 2.54. The average molecular weight is 439 g/mol. The first kappa shape index (κ1) is 21.6. The Morgan fingerprint density at radius 2 is 1.19 bits per heavy atom. The summed E-state index contributed by atoms with van der Waals surface area (Å²) in [5.74, 6) is 0.0144. The lowest BCUT2D eigenvalue weighted by Crippen LogP contribution is -2.19. The second-order valence-electron chi connectivity index (χ2n) is 6.18. The highest BCUT2D eigenvalue weighted by atomic mass is 16.6. The smallest absolute Gasteiger partial charge is 0.323 e. The van der Waals surface area contributed by atoms with Crippen LogP contribution < -0.4 is 15.4 Å². The van der Waals surface area contributed by atoms with E-state index in [0.717, 1.165) is 18.2 Å². The van der Waals surface area contributed by atoms with Crippen molar-refractivity contribution < 1.29 is 24.3 Å². The highest BCUT2D eigenvalue weighted by Gasteiger charge is 2.21. The van der Waals surface area contributed by atoms with Gasteiger partial charge in [-0.05, 0) is 42.5 Å². The maximum atomic E-state index is 12.1. The first-order chi connectivity index (χ1) is 15.2.